The van der Waals surface area contributed by atoms with Gasteiger partial charge in [-0.2, -0.15) is 0 Å². The highest BCUT2D eigenvalue weighted by Crippen LogP contribution is 2.36. The number of nitrogens with one attached hydrogen (secondary N) is 1. The zero-order valence-corrected chi connectivity index (χ0v) is 12.7. The molecule has 1 aromatic carbocycles. The van der Waals surface area contributed by atoms with Gasteiger partial charge in [0.25, 0.3) is 5.91 Å². The van der Waals surface area contributed by atoms with Crippen LogP contribution < -0.4 is 14.8 Å². The van der Waals surface area contributed by atoms with Gasteiger partial charge < -0.3 is 25.0 Å². The normalized spacial score (nSPS) is 15.4. The zero-order valence-electron chi connectivity index (χ0n) is 12.7. The van der Waals surface area contributed by atoms with Gasteiger partial charge in [0.05, 0.1) is 18.3 Å². The van der Waals surface area contributed by atoms with Gasteiger partial charge in [-0.3, -0.25) is 4.79 Å². The quantitative estimate of drug-likeness (QED) is 0.746. The number of carbonyl (C=O) groups excluding carboxylic acids is 1. The fourth-order valence-electron chi connectivity index (χ4n) is 2.23. The molecule has 6 nitrogen and oxygen atoms in total. The number of aliphatic hydroxyl groups excluding tert-OH is 1. The molecule has 0 aliphatic carbocycles. The molecule has 1 heterocycles. The van der Waals surface area contributed by atoms with E-state index in [1.165, 1.54) is 13.8 Å². The average Bonchev–Trinajstić information content (AvgIpc) is 2.76. The Morgan fingerprint density at radius 1 is 1.48 bits per heavy atom. The number of rotatable bonds is 5. The number of hydrogen-bond acceptors (Lipinski definition) is 5. The van der Waals surface area contributed by atoms with E-state index in [0.717, 1.165) is 11.1 Å². The Morgan fingerprint density at radius 2 is 2.14 bits per heavy atom. The van der Waals surface area contributed by atoms with Crippen molar-refractivity contribution in [1.82, 2.24) is 5.32 Å². The summed E-state index contributed by atoms with van der Waals surface area (Å²) in [6.45, 7) is 5.20. The van der Waals surface area contributed by atoms with Crippen LogP contribution >= 0.6 is 0 Å². The molecule has 0 unspecified atom stereocenters. The van der Waals surface area contributed by atoms with Crippen molar-refractivity contribution < 1.29 is 24.5 Å². The molecule has 0 radical (unpaired) electrons. The van der Waals surface area contributed by atoms with Crippen LogP contribution in [0.4, 0.5) is 0 Å². The number of carbonyl (C=O) groups is 1. The minimum absolute atomic E-state index is 0.0755. The van der Waals surface area contributed by atoms with Crippen LogP contribution in [0.25, 0.3) is 0 Å². The Bertz CT molecular complexity index is 562. The Balaban J connectivity index is 2.29. The molecule has 0 aromatic heterocycles. The highest BCUT2D eigenvalue weighted by molar-refractivity contribution is 5.99. The van der Waals surface area contributed by atoms with Crippen molar-refractivity contribution in [3.05, 3.63) is 22.8 Å². The van der Waals surface area contributed by atoms with Crippen LogP contribution in [0.15, 0.2) is 6.07 Å². The summed E-state index contributed by atoms with van der Waals surface area (Å²) in [5.41, 5.74) is 0.836. The molecule has 0 bridgehead atoms. The fraction of sp³-hybridized carbons (Fsp3) is 0.533. The molecule has 6 heteroatoms. The lowest BCUT2D eigenvalue weighted by Gasteiger charge is -2.25. The number of fused-ring (bicyclic) bond motifs is 1. The van der Waals surface area contributed by atoms with E-state index in [4.69, 9.17) is 9.47 Å². The van der Waals surface area contributed by atoms with Crippen LogP contribution in [0.1, 0.15) is 35.3 Å². The van der Waals surface area contributed by atoms with E-state index >= 15 is 0 Å². The summed E-state index contributed by atoms with van der Waals surface area (Å²) >= 11 is 0. The summed E-state index contributed by atoms with van der Waals surface area (Å²) in [6, 6.07) is 1.65. The van der Waals surface area contributed by atoms with Crippen LogP contribution in [0.3, 0.4) is 0 Å². The van der Waals surface area contributed by atoms with Gasteiger partial charge >= 0.3 is 0 Å². The van der Waals surface area contributed by atoms with Crippen molar-refractivity contribution in [2.75, 3.05) is 13.7 Å². The third-order valence-corrected chi connectivity index (χ3v) is 3.67. The topological polar surface area (TPSA) is 88.0 Å². The van der Waals surface area contributed by atoms with Crippen molar-refractivity contribution >= 4 is 5.91 Å². The van der Waals surface area contributed by atoms with Gasteiger partial charge in [-0.05, 0) is 26.8 Å². The third-order valence-electron chi connectivity index (χ3n) is 3.67. The third kappa shape index (κ3) is 2.96. The first-order valence-electron chi connectivity index (χ1n) is 6.77. The van der Waals surface area contributed by atoms with E-state index in [-0.39, 0.29) is 12.5 Å². The number of amides is 1. The van der Waals surface area contributed by atoms with E-state index in [1.54, 1.807) is 13.2 Å². The molecule has 1 aromatic rings. The minimum atomic E-state index is -1.26. The van der Waals surface area contributed by atoms with Gasteiger partial charge in [0.15, 0.2) is 0 Å². The molecule has 21 heavy (non-hydrogen) atoms. The van der Waals surface area contributed by atoms with Gasteiger partial charge in [0.1, 0.15) is 24.2 Å². The monoisotopic (exact) mass is 295 g/mol. The molecular weight excluding hydrogens is 274 g/mol. The number of aliphatic hydroxyl groups is 2. The Hall–Kier alpha value is -1.79. The SMILES string of the molecule is COc1c(C)c(OC[C@@H](O)C(C)(C)O)cc2c1CNC2=O. The molecule has 116 valence electrons. The van der Waals surface area contributed by atoms with E-state index < -0.39 is 11.7 Å². The minimum Gasteiger partial charge on any atom is -0.496 e. The Labute approximate surface area is 123 Å². The maximum absolute atomic E-state index is 11.8. The van der Waals surface area contributed by atoms with Crippen LogP contribution in [-0.4, -0.2) is 41.5 Å². The smallest absolute Gasteiger partial charge is 0.252 e. The standard InChI is InChI=1S/C15H21NO5/c1-8-11(21-7-12(17)15(2,3)19)5-9-10(13(8)20-4)6-16-14(9)18/h5,12,17,19H,6-7H2,1-4H3,(H,16,18)/t12-/m1/s1. The molecule has 3 N–H and O–H groups in total. The van der Waals surface area contributed by atoms with Crippen molar-refractivity contribution in [3.8, 4) is 11.5 Å². The molecule has 0 spiro atoms. The van der Waals surface area contributed by atoms with E-state index in [0.29, 0.717) is 23.6 Å². The zero-order chi connectivity index (χ0) is 15.8. The molecule has 1 atom stereocenters. The van der Waals surface area contributed by atoms with Crippen LogP contribution in [0, 0.1) is 6.92 Å². The first-order chi connectivity index (χ1) is 9.75. The lowest BCUT2D eigenvalue weighted by molar-refractivity contribution is -0.0662. The van der Waals surface area contributed by atoms with E-state index in [9.17, 15) is 15.0 Å². The fourth-order valence-corrected chi connectivity index (χ4v) is 2.23. The van der Waals surface area contributed by atoms with Crippen LogP contribution in [-0.2, 0) is 6.54 Å². The van der Waals surface area contributed by atoms with Crippen molar-refractivity contribution in [2.45, 2.75) is 39.0 Å². The molecule has 0 saturated heterocycles. The predicted octanol–water partition coefficient (Wildman–Crippen LogP) is 0.758. The Morgan fingerprint density at radius 3 is 2.71 bits per heavy atom. The van der Waals surface area contributed by atoms with Gasteiger partial charge in [-0.1, -0.05) is 0 Å². The highest BCUT2D eigenvalue weighted by atomic mass is 16.5. The summed E-state index contributed by atoms with van der Waals surface area (Å²) < 4.78 is 10.9. The summed E-state index contributed by atoms with van der Waals surface area (Å²) in [5.74, 6) is 0.903. The maximum Gasteiger partial charge on any atom is 0.252 e. The molecule has 0 saturated carbocycles. The average molecular weight is 295 g/mol. The lowest BCUT2D eigenvalue weighted by Crippen LogP contribution is -2.40. The number of ether oxygens (including phenoxy) is 2. The summed E-state index contributed by atoms with van der Waals surface area (Å²) in [7, 11) is 1.54. The first kappa shape index (κ1) is 15.6. The second kappa shape index (κ2) is 5.54. The number of hydrogen-bond donors (Lipinski definition) is 3. The number of benzene rings is 1. The molecule has 0 fully saturated rings. The molecular formula is C15H21NO5. The van der Waals surface area contributed by atoms with Crippen molar-refractivity contribution in [2.24, 2.45) is 0 Å². The Kier molecular flexibility index (Phi) is 4.11. The molecule has 1 aliphatic rings. The van der Waals surface area contributed by atoms with Gasteiger partial charge in [0.2, 0.25) is 0 Å². The first-order valence-corrected chi connectivity index (χ1v) is 6.77. The molecule has 1 amide bonds. The summed E-state index contributed by atoms with van der Waals surface area (Å²) in [4.78, 5) is 11.8. The second-order valence-electron chi connectivity index (χ2n) is 5.72. The van der Waals surface area contributed by atoms with Gasteiger partial charge in [-0.15, -0.1) is 0 Å². The largest absolute Gasteiger partial charge is 0.496 e. The van der Waals surface area contributed by atoms with Crippen LogP contribution in [0.2, 0.25) is 0 Å². The van der Waals surface area contributed by atoms with Crippen molar-refractivity contribution in [1.29, 1.82) is 0 Å². The maximum atomic E-state index is 11.8. The van der Waals surface area contributed by atoms with E-state index in [2.05, 4.69) is 5.32 Å². The van der Waals surface area contributed by atoms with Gasteiger partial charge in [-0.25, -0.2) is 0 Å². The van der Waals surface area contributed by atoms with E-state index in [1.807, 2.05) is 6.92 Å². The molecule has 1 aliphatic heterocycles. The highest BCUT2D eigenvalue weighted by Gasteiger charge is 2.28. The van der Waals surface area contributed by atoms with Gasteiger partial charge in [0, 0.05) is 17.7 Å². The summed E-state index contributed by atoms with van der Waals surface area (Å²) in [5, 5.41) is 22.3. The lowest BCUT2D eigenvalue weighted by atomic mass is 10.0. The van der Waals surface area contributed by atoms with Crippen LogP contribution in [0.5, 0.6) is 11.5 Å². The summed E-state index contributed by atoms with van der Waals surface area (Å²) in [6.07, 6.45) is -1.04. The number of methoxy groups -OCH3 is 1. The molecule has 2 rings (SSSR count). The second-order valence-corrected chi connectivity index (χ2v) is 5.72. The van der Waals surface area contributed by atoms with Crippen molar-refractivity contribution in [3.63, 3.8) is 0 Å². The predicted molar refractivity (Wildman–Crippen MR) is 76.7 cm³/mol.